The van der Waals surface area contributed by atoms with E-state index in [1.807, 2.05) is 0 Å². The second kappa shape index (κ2) is 62.3. The van der Waals surface area contributed by atoms with Crippen molar-refractivity contribution in [2.75, 3.05) is 72.0 Å². The van der Waals surface area contributed by atoms with Crippen molar-refractivity contribution in [3.05, 3.63) is 0 Å². The highest BCUT2D eigenvalue weighted by Crippen LogP contribution is 2.13. The van der Waals surface area contributed by atoms with Crippen LogP contribution in [0.2, 0.25) is 0 Å². The summed E-state index contributed by atoms with van der Waals surface area (Å²) in [6.45, 7) is -0.0247. The molecule has 57 N–H and O–H groups in total. The fourth-order valence-electron chi connectivity index (χ4n) is 11.4. The van der Waals surface area contributed by atoms with Gasteiger partial charge in [-0.15, -0.1) is 0 Å². The summed E-state index contributed by atoms with van der Waals surface area (Å²) in [5, 5.41) is 149. The first-order valence-electron chi connectivity index (χ1n) is 39.4. The quantitative estimate of drug-likeness (QED) is 0.0153. The zero-order valence-corrected chi connectivity index (χ0v) is 68.6. The van der Waals surface area contributed by atoms with Crippen molar-refractivity contribution in [2.24, 2.45) is 68.8 Å². The monoisotopic (exact) mass is 1740 g/mol. The Kier molecular flexibility index (Phi) is 55.2. The van der Waals surface area contributed by atoms with E-state index in [1.165, 1.54) is 0 Å². The van der Waals surface area contributed by atoms with Crippen LogP contribution in [-0.4, -0.2) is 274 Å². The molecular weight excluding hydrogens is 1600 g/mol. The lowest BCUT2D eigenvalue weighted by molar-refractivity contribution is -0.142. The molecule has 0 rings (SSSR count). The summed E-state index contributed by atoms with van der Waals surface area (Å²) in [4.78, 5) is 159. The van der Waals surface area contributed by atoms with E-state index >= 15 is 14.4 Å². The highest BCUT2D eigenvalue weighted by molar-refractivity contribution is 5.99. The molecule has 56 nitrogen and oxygen atoms in total. The maximum Gasteiger partial charge on any atom is 0.326 e. The fraction of sp³-hybridized carbons (Fsp3) is 0.667. The Morgan fingerprint density at radius 1 is 0.189 bits per heavy atom. The number of hydrogen-bond donors (Lipinski definition) is 45. The van der Waals surface area contributed by atoms with Gasteiger partial charge in [-0.05, 0) is 141 Å². The molecule has 11 atom stereocenters. The lowest BCUT2D eigenvalue weighted by Crippen LogP contribution is -2.61. The normalized spacial score (nSPS) is 13.3. The number of nitrogens with two attached hydrogens (primary N) is 12. The summed E-state index contributed by atoms with van der Waals surface area (Å²) < 4.78 is 0. The highest BCUT2D eigenvalue weighted by Gasteiger charge is 2.37. The number of rotatable bonds is 65. The summed E-state index contributed by atoms with van der Waals surface area (Å²) in [5.41, 5.74) is 66.8. The third-order valence-electron chi connectivity index (χ3n) is 17.5. The predicted octanol–water partition coefficient (Wildman–Crippen LogP) is -13.9. The van der Waals surface area contributed by atoms with Crippen LogP contribution in [-0.2, 0) is 52.7 Å². The molecule has 0 radical (unpaired) electrons. The van der Waals surface area contributed by atoms with Gasteiger partial charge in [-0.1, -0.05) is 0 Å². The Hall–Kier alpha value is -13.9. The van der Waals surface area contributed by atoms with Gasteiger partial charge in [0.15, 0.2) is 65.6 Å². The highest BCUT2D eigenvalue weighted by atomic mass is 16.4. The van der Waals surface area contributed by atoms with Gasteiger partial charge in [0, 0.05) is 72.0 Å². The second-order valence-corrected chi connectivity index (χ2v) is 27.9. The van der Waals surface area contributed by atoms with Crippen molar-refractivity contribution in [3.63, 3.8) is 0 Å². The van der Waals surface area contributed by atoms with E-state index in [4.69, 9.17) is 128 Å². The standard InChI is InChI=1S/C66H134N44O12/c67-34(12-1-23-90-56(68)69)45(111)101-35(13-2-24-91-57(70)71)46(112)102-36(14-3-25-92-58(72)73)47(113)103-37(15-4-26-93-59(74)75)48(114)104-38(16-5-27-94-60(76)77)49(115)105-39(17-6-28-95-61(78)79)50(116)106-40(18-7-29-96-62(80)81)51(117)107-41(19-8-30-97-63(82)83)52(118)108-42(20-9-31-98-64(84)85)53(119)109-43(21-10-32-99-65(86)87)54(120)110-44(55(121)122)22-11-33-100-66(88)89/h34-44H,1-33,67H2,(H,101,111)(H,102,112)(H,103,113)(H,104,114)(H,105,115)(H,106,116)(H,107,117)(H,108,118)(H,109,119)(H,110,120)(H,121,122)(H4,68,69,90)(H4,70,71,91)(H4,72,73,92)(H4,74,75,93)(H4,76,77,94)(H4,78,79,95)(H4,80,81,96)(H4,82,83,97)(H4,84,85,98)(H4,86,87,99)(H4,88,89,100)/t34-,35-,36-,37-,38-,39-,40-,41-,42-,43-,44-/m0/s1. The number of nitrogens with one attached hydrogen (secondary N) is 32. The van der Waals surface area contributed by atoms with Crippen LogP contribution in [0.4, 0.5) is 0 Å². The van der Waals surface area contributed by atoms with E-state index in [2.05, 4.69) is 112 Å². The average Bonchev–Trinajstić information content (AvgIpc) is 0.853. The molecule has 10 amide bonds. The van der Waals surface area contributed by atoms with Gasteiger partial charge in [-0.2, -0.15) is 0 Å². The number of carbonyl (C=O) groups excluding carboxylic acids is 10. The van der Waals surface area contributed by atoms with Crippen molar-refractivity contribution >= 4 is 131 Å². The van der Waals surface area contributed by atoms with Crippen LogP contribution < -0.4 is 180 Å². The number of carboxylic acid groups (broad SMARTS) is 1. The van der Waals surface area contributed by atoms with E-state index in [0.717, 1.165) is 0 Å². The van der Waals surface area contributed by atoms with E-state index < -0.39 is 179 Å². The lowest BCUT2D eigenvalue weighted by atomic mass is 10.0. The van der Waals surface area contributed by atoms with Gasteiger partial charge in [0.05, 0.1) is 6.04 Å². The summed E-state index contributed by atoms with van der Waals surface area (Å²) in [5.74, 6) is -16.0. The van der Waals surface area contributed by atoms with Gasteiger partial charge in [-0.25, -0.2) is 4.79 Å². The van der Waals surface area contributed by atoms with Gasteiger partial charge in [0.2, 0.25) is 59.1 Å². The fourth-order valence-corrected chi connectivity index (χ4v) is 11.4. The Morgan fingerprint density at radius 3 is 0.418 bits per heavy atom. The molecule has 0 bridgehead atoms. The molecule has 0 heterocycles. The molecule has 122 heavy (non-hydrogen) atoms. The van der Waals surface area contributed by atoms with E-state index in [0.29, 0.717) is 0 Å². The second-order valence-electron chi connectivity index (χ2n) is 27.9. The number of aliphatic carboxylic acids is 1. The SMILES string of the molecule is N=C(N)NCCC[C@H](NC(=O)[C@H](CCCNC(=N)N)NC(=O)[C@H](CCCNC(=N)N)NC(=O)[C@H](CCCNC(=N)N)NC(=O)[C@H](CCCNC(=N)N)NC(=O)[C@H](CCCNC(=N)N)NC(=O)[C@H](CCCNC(=N)N)NC(=O)[C@H](CCCNC(=N)N)NC(=O)[C@H](CCCNC(=N)N)NC(=O)[C@H](CCCNC(=N)N)NC(=O)[C@@H](N)CCCNC(=N)N)C(=O)O. The molecule has 0 aromatic heterocycles. The van der Waals surface area contributed by atoms with E-state index in [1.54, 1.807) is 0 Å². The van der Waals surface area contributed by atoms with Crippen LogP contribution in [0.1, 0.15) is 141 Å². The van der Waals surface area contributed by atoms with E-state index in [9.17, 15) is 43.5 Å². The molecule has 690 valence electrons. The van der Waals surface area contributed by atoms with Gasteiger partial charge in [0.25, 0.3) is 0 Å². The molecule has 0 saturated heterocycles. The third kappa shape index (κ3) is 54.2. The molecule has 0 unspecified atom stereocenters. The number of amides is 10. The molecule has 0 spiro atoms. The van der Waals surface area contributed by atoms with Crippen molar-refractivity contribution in [1.29, 1.82) is 59.5 Å². The molecule has 0 saturated carbocycles. The van der Waals surface area contributed by atoms with E-state index in [-0.39, 0.29) is 231 Å². The van der Waals surface area contributed by atoms with Crippen LogP contribution in [0.5, 0.6) is 0 Å². The Balaban J connectivity index is 8.12. The van der Waals surface area contributed by atoms with Gasteiger partial charge in [-0.3, -0.25) is 107 Å². The van der Waals surface area contributed by atoms with Crippen molar-refractivity contribution < 1.29 is 57.8 Å². The Morgan fingerprint density at radius 2 is 0.295 bits per heavy atom. The van der Waals surface area contributed by atoms with Crippen LogP contribution in [0.3, 0.4) is 0 Å². The number of carboxylic acids is 1. The van der Waals surface area contributed by atoms with Crippen LogP contribution in [0, 0.1) is 59.5 Å². The van der Waals surface area contributed by atoms with Crippen LogP contribution >= 0.6 is 0 Å². The first-order chi connectivity index (χ1) is 57.5. The predicted molar refractivity (Wildman–Crippen MR) is 456 cm³/mol. The average molecular weight is 1740 g/mol. The number of carbonyl (C=O) groups is 11. The molecule has 0 aromatic carbocycles. The largest absolute Gasteiger partial charge is 0.480 e. The maximum absolute atomic E-state index is 15.1. The minimum atomic E-state index is -1.66. The topological polar surface area (TPSA) is 1040 Å². The Bertz CT molecular complexity index is 3480. The lowest BCUT2D eigenvalue weighted by Gasteiger charge is -2.29. The van der Waals surface area contributed by atoms with Crippen molar-refractivity contribution in [3.8, 4) is 0 Å². The summed E-state index contributed by atoms with van der Waals surface area (Å²) in [6, 6.07) is -16.9. The van der Waals surface area contributed by atoms with Crippen LogP contribution in [0.25, 0.3) is 0 Å². The number of hydrogen-bond acceptors (Lipinski definition) is 23. The molecule has 0 aliphatic carbocycles. The Labute approximate surface area is 705 Å². The molecule has 0 aromatic rings. The first-order valence-corrected chi connectivity index (χ1v) is 39.4. The van der Waals surface area contributed by atoms with Crippen molar-refractivity contribution in [2.45, 2.75) is 208 Å². The summed E-state index contributed by atoms with van der Waals surface area (Å²) >= 11 is 0. The zero-order chi connectivity index (χ0) is 92.2. The van der Waals surface area contributed by atoms with Crippen molar-refractivity contribution in [1.82, 2.24) is 112 Å². The van der Waals surface area contributed by atoms with Crippen LogP contribution in [0.15, 0.2) is 0 Å². The molecule has 56 heteroatoms. The molecular formula is C66H134N44O12. The summed E-state index contributed by atoms with van der Waals surface area (Å²) in [7, 11) is 0. The van der Waals surface area contributed by atoms with Gasteiger partial charge in [0.1, 0.15) is 60.4 Å². The first kappa shape index (κ1) is 108. The third-order valence-corrected chi connectivity index (χ3v) is 17.5. The zero-order valence-electron chi connectivity index (χ0n) is 68.6. The molecule has 0 aliphatic heterocycles. The minimum Gasteiger partial charge on any atom is -0.480 e. The van der Waals surface area contributed by atoms with Gasteiger partial charge >= 0.3 is 5.97 Å². The summed E-state index contributed by atoms with van der Waals surface area (Å²) in [6.07, 6.45) is -1.73. The minimum absolute atomic E-state index is 0.00185. The molecule has 0 aliphatic rings. The number of guanidine groups is 11. The van der Waals surface area contributed by atoms with Gasteiger partial charge < -0.3 is 186 Å². The maximum atomic E-state index is 15.1. The smallest absolute Gasteiger partial charge is 0.326 e. The molecule has 0 fully saturated rings.